The molecule has 2 bridgehead atoms. The maximum Gasteiger partial charge on any atom is 0.184 e. The average molecular weight is 388 g/mol. The van der Waals surface area contributed by atoms with Gasteiger partial charge < -0.3 is 9.42 Å². The van der Waals surface area contributed by atoms with Crippen LogP contribution in [0.2, 0.25) is 0 Å². The Morgan fingerprint density at radius 3 is 2.74 bits per heavy atom. The summed E-state index contributed by atoms with van der Waals surface area (Å²) in [5, 5.41) is 5.94. The second-order valence-corrected chi connectivity index (χ2v) is 8.93. The van der Waals surface area contributed by atoms with Crippen molar-refractivity contribution in [2.45, 2.75) is 57.0 Å². The van der Waals surface area contributed by atoms with Crippen LogP contribution in [0.25, 0.3) is 10.6 Å². The zero-order chi connectivity index (χ0) is 18.6. The second kappa shape index (κ2) is 8.67. The Labute approximate surface area is 165 Å². The molecule has 0 aliphatic carbocycles. The maximum absolute atomic E-state index is 12.3. The fourth-order valence-corrected chi connectivity index (χ4v) is 5.24. The van der Waals surface area contributed by atoms with E-state index in [4.69, 9.17) is 4.52 Å². The van der Waals surface area contributed by atoms with Gasteiger partial charge in [-0.3, -0.25) is 9.69 Å². The number of likely N-dealkylation sites (N-methyl/N-ethyl adjacent to an activating group) is 1. The molecule has 27 heavy (non-hydrogen) atoms. The number of aromatic nitrogens is 1. The van der Waals surface area contributed by atoms with Crippen molar-refractivity contribution in [1.29, 1.82) is 0 Å². The largest absolute Gasteiger partial charge is 0.355 e. The van der Waals surface area contributed by atoms with Gasteiger partial charge in [0.05, 0.1) is 4.88 Å². The van der Waals surface area contributed by atoms with Gasteiger partial charge in [0, 0.05) is 37.7 Å². The number of thiophene rings is 1. The predicted octanol–water partition coefficient (Wildman–Crippen LogP) is 4.31. The number of rotatable bonds is 9. The summed E-state index contributed by atoms with van der Waals surface area (Å²) < 4.78 is 5.31. The van der Waals surface area contributed by atoms with Crippen molar-refractivity contribution in [2.24, 2.45) is 0 Å². The number of carbonyl (C=O) groups is 1. The highest BCUT2D eigenvalue weighted by molar-refractivity contribution is 7.13. The van der Waals surface area contributed by atoms with E-state index in [2.05, 4.69) is 22.0 Å². The number of ketones is 1. The fraction of sp³-hybridized carbons (Fsp3) is 0.619. The molecule has 0 N–H and O–H groups in total. The van der Waals surface area contributed by atoms with Gasteiger partial charge in [-0.1, -0.05) is 24.1 Å². The van der Waals surface area contributed by atoms with Crippen LogP contribution in [0.15, 0.2) is 28.1 Å². The normalized spacial score (nSPS) is 23.1. The SMILES string of the molecule is CN1CC2CCC(C1)N2CCCCCCC(=O)c1cc(-c2cccs2)on1. The number of carbonyl (C=O) groups excluding carboxylic acids is 1. The minimum Gasteiger partial charge on any atom is -0.355 e. The highest BCUT2D eigenvalue weighted by Crippen LogP contribution is 2.30. The first-order valence-electron chi connectivity index (χ1n) is 10.2. The topological polar surface area (TPSA) is 49.6 Å². The Morgan fingerprint density at radius 2 is 2.00 bits per heavy atom. The number of hydrogen-bond acceptors (Lipinski definition) is 6. The van der Waals surface area contributed by atoms with Crippen LogP contribution in [0.4, 0.5) is 0 Å². The molecule has 2 aromatic heterocycles. The van der Waals surface area contributed by atoms with E-state index in [0.29, 0.717) is 17.9 Å². The average Bonchev–Trinajstić information content (AvgIpc) is 3.38. The van der Waals surface area contributed by atoms with Crippen molar-refractivity contribution in [3.05, 3.63) is 29.3 Å². The van der Waals surface area contributed by atoms with Crippen LogP contribution in [0.3, 0.4) is 0 Å². The summed E-state index contributed by atoms with van der Waals surface area (Å²) in [6.45, 7) is 3.69. The molecule has 146 valence electrons. The van der Waals surface area contributed by atoms with Crippen molar-refractivity contribution in [3.63, 3.8) is 0 Å². The molecule has 2 saturated heterocycles. The minimum atomic E-state index is 0.0960. The molecule has 0 aromatic carbocycles. The third-order valence-corrected chi connectivity index (χ3v) is 6.83. The molecule has 2 aliphatic heterocycles. The Hall–Kier alpha value is -1.50. The molecule has 0 spiro atoms. The van der Waals surface area contributed by atoms with Crippen molar-refractivity contribution in [1.82, 2.24) is 15.0 Å². The lowest BCUT2D eigenvalue weighted by Crippen LogP contribution is -2.52. The molecule has 6 heteroatoms. The predicted molar refractivity (Wildman–Crippen MR) is 108 cm³/mol. The maximum atomic E-state index is 12.3. The van der Waals surface area contributed by atoms with E-state index in [1.807, 2.05) is 17.5 Å². The summed E-state index contributed by atoms with van der Waals surface area (Å²) in [5.41, 5.74) is 0.465. The Bertz CT molecular complexity index is 728. The quantitative estimate of drug-likeness (QED) is 0.474. The zero-order valence-corrected chi connectivity index (χ0v) is 16.9. The van der Waals surface area contributed by atoms with Gasteiger partial charge in [0.2, 0.25) is 0 Å². The molecule has 0 amide bonds. The monoisotopic (exact) mass is 387 g/mol. The molecule has 0 saturated carbocycles. The van der Waals surface area contributed by atoms with Crippen LogP contribution in [0, 0.1) is 0 Å². The summed E-state index contributed by atoms with van der Waals surface area (Å²) in [6.07, 6.45) is 7.81. The molecular weight excluding hydrogens is 358 g/mol. The van der Waals surface area contributed by atoms with Crippen LogP contribution in [-0.2, 0) is 0 Å². The van der Waals surface area contributed by atoms with E-state index in [0.717, 1.165) is 29.8 Å². The number of hydrogen-bond donors (Lipinski definition) is 0. The molecule has 2 aliphatic rings. The van der Waals surface area contributed by atoms with Crippen LogP contribution in [-0.4, -0.2) is 59.5 Å². The molecule has 5 nitrogen and oxygen atoms in total. The number of piperazine rings is 1. The van der Waals surface area contributed by atoms with Crippen molar-refractivity contribution in [2.75, 3.05) is 26.7 Å². The Kier molecular flexibility index (Phi) is 6.05. The van der Waals surface area contributed by atoms with Gasteiger partial charge in [-0.2, -0.15) is 0 Å². The first-order valence-corrected chi connectivity index (χ1v) is 11.1. The van der Waals surface area contributed by atoms with Gasteiger partial charge in [0.1, 0.15) is 5.69 Å². The first kappa shape index (κ1) is 18.8. The molecular formula is C21H29N3O2S. The van der Waals surface area contributed by atoms with Crippen molar-refractivity contribution < 1.29 is 9.32 Å². The number of likely N-dealkylation sites (tertiary alicyclic amines) is 1. The third-order valence-electron chi connectivity index (χ3n) is 5.95. The number of fused-ring (bicyclic) bond motifs is 2. The molecule has 4 heterocycles. The Morgan fingerprint density at radius 1 is 1.22 bits per heavy atom. The molecule has 2 unspecified atom stereocenters. The summed E-state index contributed by atoms with van der Waals surface area (Å²) in [7, 11) is 2.25. The van der Waals surface area contributed by atoms with Crippen LogP contribution in [0.5, 0.6) is 0 Å². The van der Waals surface area contributed by atoms with Crippen molar-refractivity contribution >= 4 is 17.1 Å². The van der Waals surface area contributed by atoms with E-state index >= 15 is 0 Å². The van der Waals surface area contributed by atoms with Gasteiger partial charge in [0.25, 0.3) is 0 Å². The Balaban J connectivity index is 1.13. The van der Waals surface area contributed by atoms with E-state index in [1.165, 1.54) is 45.3 Å². The molecule has 2 atom stereocenters. The van der Waals surface area contributed by atoms with Gasteiger partial charge in [-0.25, -0.2) is 0 Å². The number of unbranched alkanes of at least 4 members (excludes halogenated alkanes) is 3. The van der Waals surface area contributed by atoms with E-state index in [-0.39, 0.29) is 5.78 Å². The fourth-order valence-electron chi connectivity index (χ4n) is 4.57. The summed E-state index contributed by atoms with van der Waals surface area (Å²) in [4.78, 5) is 18.5. The van der Waals surface area contributed by atoms with Crippen LogP contribution in [0.1, 0.15) is 55.4 Å². The summed E-state index contributed by atoms with van der Waals surface area (Å²) >= 11 is 1.59. The number of nitrogens with zero attached hydrogens (tertiary/aromatic N) is 3. The molecule has 4 rings (SSSR count). The van der Waals surface area contributed by atoms with Gasteiger partial charge in [-0.05, 0) is 50.7 Å². The van der Waals surface area contributed by atoms with Crippen molar-refractivity contribution in [3.8, 4) is 10.6 Å². The summed E-state index contributed by atoms with van der Waals surface area (Å²) in [6, 6.07) is 7.28. The highest BCUT2D eigenvalue weighted by Gasteiger charge is 2.37. The minimum absolute atomic E-state index is 0.0960. The smallest absolute Gasteiger partial charge is 0.184 e. The lowest BCUT2D eigenvalue weighted by molar-refractivity contribution is 0.0808. The third kappa shape index (κ3) is 4.50. The lowest BCUT2D eigenvalue weighted by Gasteiger charge is -2.39. The zero-order valence-electron chi connectivity index (χ0n) is 16.1. The van der Waals surface area contributed by atoms with Gasteiger partial charge >= 0.3 is 0 Å². The molecule has 2 fully saturated rings. The lowest BCUT2D eigenvalue weighted by atomic mass is 10.1. The van der Waals surface area contributed by atoms with E-state index in [9.17, 15) is 4.79 Å². The second-order valence-electron chi connectivity index (χ2n) is 7.99. The van der Waals surface area contributed by atoms with E-state index in [1.54, 1.807) is 17.4 Å². The number of Topliss-reactive ketones (excluding diaryl/α,β-unsaturated/α-hetero) is 1. The van der Waals surface area contributed by atoms with E-state index < -0.39 is 0 Å². The van der Waals surface area contributed by atoms with Gasteiger partial charge in [-0.15, -0.1) is 11.3 Å². The van der Waals surface area contributed by atoms with Crippen LogP contribution >= 0.6 is 11.3 Å². The van der Waals surface area contributed by atoms with Gasteiger partial charge in [0.15, 0.2) is 11.5 Å². The van der Waals surface area contributed by atoms with Crippen LogP contribution < -0.4 is 0 Å². The first-order chi connectivity index (χ1) is 13.2. The summed E-state index contributed by atoms with van der Waals surface area (Å²) in [5.74, 6) is 0.786. The standard InChI is InChI=1S/C21H29N3O2S/c1-23-14-16-9-10-17(15-23)24(16)11-5-3-2-4-7-19(25)18-13-20(26-22-18)21-8-6-12-27-21/h6,8,12-13,16-17H,2-5,7,9-11,14-15H2,1H3. The molecule has 0 radical (unpaired) electrons. The highest BCUT2D eigenvalue weighted by atomic mass is 32.1. The molecule has 2 aromatic rings.